The number of carbonyl (C=O) groups is 1. The number of carbonyl (C=O) groups excluding carboxylic acids is 1. The van der Waals surface area contributed by atoms with Gasteiger partial charge in [-0.1, -0.05) is 31.7 Å². The third kappa shape index (κ3) is 3.58. The normalized spacial score (nSPS) is 17.8. The second-order valence-corrected chi connectivity index (χ2v) is 7.33. The maximum atomic E-state index is 12.7. The topological polar surface area (TPSA) is 76.1 Å². The number of hydrogen-bond donors (Lipinski definition) is 2. The summed E-state index contributed by atoms with van der Waals surface area (Å²) < 4.78 is 7.29. The number of fused-ring (bicyclic) bond motifs is 1. The van der Waals surface area contributed by atoms with E-state index in [1.807, 2.05) is 38.1 Å². The molecule has 0 fully saturated rings. The van der Waals surface area contributed by atoms with Crippen LogP contribution in [-0.4, -0.2) is 28.0 Å². The van der Waals surface area contributed by atoms with Gasteiger partial charge in [-0.15, -0.1) is 11.8 Å². The fourth-order valence-electron chi connectivity index (χ4n) is 2.91. The summed E-state index contributed by atoms with van der Waals surface area (Å²) in [7, 11) is 0. The van der Waals surface area contributed by atoms with Crippen molar-refractivity contribution in [2.75, 3.05) is 17.7 Å². The van der Waals surface area contributed by atoms with E-state index in [-0.39, 0.29) is 22.8 Å². The van der Waals surface area contributed by atoms with Gasteiger partial charge in [0.1, 0.15) is 18.2 Å². The first kappa shape index (κ1) is 18.4. The molecule has 2 heterocycles. The van der Waals surface area contributed by atoms with Crippen LogP contribution in [0.15, 0.2) is 41.7 Å². The van der Waals surface area contributed by atoms with E-state index in [0.717, 1.165) is 17.7 Å². The Balaban J connectivity index is 2.02. The first-order valence-corrected chi connectivity index (χ1v) is 9.69. The van der Waals surface area contributed by atoms with Gasteiger partial charge in [-0.25, -0.2) is 0 Å². The molecule has 0 spiro atoms. The third-order valence-electron chi connectivity index (χ3n) is 4.45. The highest BCUT2D eigenvalue weighted by Crippen LogP contribution is 2.40. The van der Waals surface area contributed by atoms with E-state index >= 15 is 0 Å². The Morgan fingerprint density at radius 2 is 2.12 bits per heavy atom. The Labute approximate surface area is 156 Å². The zero-order valence-electron chi connectivity index (χ0n) is 15.0. The van der Waals surface area contributed by atoms with Crippen LogP contribution in [0.4, 0.5) is 5.82 Å². The van der Waals surface area contributed by atoms with E-state index in [1.165, 1.54) is 11.8 Å². The highest BCUT2D eigenvalue weighted by Gasteiger charge is 2.31. The van der Waals surface area contributed by atoms with Crippen molar-refractivity contribution in [3.63, 3.8) is 0 Å². The van der Waals surface area contributed by atoms with Crippen molar-refractivity contribution in [3.8, 4) is 5.75 Å². The number of benzene rings is 1. The summed E-state index contributed by atoms with van der Waals surface area (Å²) in [6.07, 6.45) is 2.54. The number of anilines is 1. The molecular formula is C19H23N3O3S. The average Bonchev–Trinajstić information content (AvgIpc) is 2.85. The lowest BCUT2D eigenvalue weighted by Crippen LogP contribution is -2.18. The molecule has 1 aliphatic heterocycles. The zero-order valence-corrected chi connectivity index (χ0v) is 15.8. The highest BCUT2D eigenvalue weighted by atomic mass is 32.2. The summed E-state index contributed by atoms with van der Waals surface area (Å²) in [4.78, 5) is 24.9. The number of nitrogens with zero attached hydrogens (tertiary/aromatic N) is 1. The lowest BCUT2D eigenvalue weighted by molar-refractivity contribution is -0.113. The molecule has 2 aromatic rings. The molecule has 7 heteroatoms. The molecule has 2 N–H and O–H groups in total. The summed E-state index contributed by atoms with van der Waals surface area (Å²) >= 11 is 1.46. The first-order valence-electron chi connectivity index (χ1n) is 8.64. The second kappa shape index (κ2) is 7.86. The molecule has 1 aromatic heterocycles. The van der Waals surface area contributed by atoms with E-state index < -0.39 is 0 Å². The van der Waals surface area contributed by atoms with Gasteiger partial charge in [0.05, 0.1) is 16.6 Å². The summed E-state index contributed by atoms with van der Waals surface area (Å²) in [6, 6.07) is 7.72. The largest absolute Gasteiger partial charge is 0.490 e. The number of hydrogen-bond acceptors (Lipinski definition) is 4. The zero-order chi connectivity index (χ0) is 18.7. The number of thioether (sulfide) groups is 1. The Bertz CT molecular complexity index is 854. The molecular weight excluding hydrogens is 350 g/mol. The molecule has 6 nitrogen and oxygen atoms in total. The van der Waals surface area contributed by atoms with Crippen LogP contribution >= 0.6 is 11.8 Å². The van der Waals surface area contributed by atoms with Crippen molar-refractivity contribution in [3.05, 3.63) is 58.4 Å². The Hall–Kier alpha value is -2.41. The van der Waals surface area contributed by atoms with Gasteiger partial charge < -0.3 is 10.1 Å². The van der Waals surface area contributed by atoms with Crippen LogP contribution in [0.3, 0.4) is 0 Å². The lowest BCUT2D eigenvalue weighted by atomic mass is 10.1. The summed E-state index contributed by atoms with van der Waals surface area (Å²) in [6.45, 7) is 8.14. The third-order valence-corrected chi connectivity index (χ3v) is 5.72. The van der Waals surface area contributed by atoms with Crippen LogP contribution in [0.1, 0.15) is 42.7 Å². The van der Waals surface area contributed by atoms with Gasteiger partial charge in [0, 0.05) is 6.04 Å². The van der Waals surface area contributed by atoms with Crippen molar-refractivity contribution in [2.24, 2.45) is 0 Å². The molecule has 0 unspecified atom stereocenters. The Morgan fingerprint density at radius 1 is 1.38 bits per heavy atom. The molecule has 0 bridgehead atoms. The molecule has 26 heavy (non-hydrogen) atoms. The van der Waals surface area contributed by atoms with Gasteiger partial charge in [0.2, 0.25) is 5.91 Å². The minimum Gasteiger partial charge on any atom is -0.490 e. The number of amides is 1. The quantitative estimate of drug-likeness (QED) is 0.760. The van der Waals surface area contributed by atoms with Gasteiger partial charge in [-0.05, 0) is 31.0 Å². The molecule has 0 saturated heterocycles. The van der Waals surface area contributed by atoms with Crippen LogP contribution in [0, 0.1) is 0 Å². The van der Waals surface area contributed by atoms with E-state index in [2.05, 4.69) is 17.0 Å². The Morgan fingerprint density at radius 3 is 2.77 bits per heavy atom. The summed E-state index contributed by atoms with van der Waals surface area (Å²) in [5, 5.41) is 5.58. The van der Waals surface area contributed by atoms with Crippen molar-refractivity contribution in [2.45, 2.75) is 31.6 Å². The van der Waals surface area contributed by atoms with Crippen molar-refractivity contribution < 1.29 is 9.53 Å². The molecule has 2 atom stereocenters. The highest BCUT2D eigenvalue weighted by molar-refractivity contribution is 8.00. The van der Waals surface area contributed by atoms with E-state index in [0.29, 0.717) is 23.7 Å². The maximum Gasteiger partial charge on any atom is 0.270 e. The molecule has 0 radical (unpaired) electrons. The van der Waals surface area contributed by atoms with Crippen molar-refractivity contribution >= 4 is 23.5 Å². The molecule has 0 saturated carbocycles. The molecule has 1 aliphatic rings. The first-order chi connectivity index (χ1) is 12.5. The maximum absolute atomic E-state index is 12.7. The van der Waals surface area contributed by atoms with Gasteiger partial charge >= 0.3 is 0 Å². The number of rotatable bonds is 6. The lowest BCUT2D eigenvalue weighted by Gasteiger charge is -2.16. The molecule has 1 aromatic carbocycles. The monoisotopic (exact) mass is 373 g/mol. The van der Waals surface area contributed by atoms with E-state index in [4.69, 9.17) is 4.74 Å². The van der Waals surface area contributed by atoms with Crippen LogP contribution in [0.5, 0.6) is 5.75 Å². The Kier molecular flexibility index (Phi) is 5.56. The predicted octanol–water partition coefficient (Wildman–Crippen LogP) is 3.49. The number of aromatic amines is 1. The van der Waals surface area contributed by atoms with Crippen molar-refractivity contribution in [1.82, 2.24) is 9.78 Å². The second-order valence-electron chi connectivity index (χ2n) is 6.24. The van der Waals surface area contributed by atoms with Gasteiger partial charge in [-0.3, -0.25) is 19.4 Å². The number of H-pyrrole nitrogens is 1. The standard InChI is InChI=1S/C19H23N3O3S/c1-4-10-25-14-8-6-13(7-9-14)17-16-18(20-15(23)11-26-17)22(12(3)5-2)21-19(16)24/h4,6-9,12,17H,1,5,10-11H2,2-3H3,(H,20,23)(H,21,24)/t12-,17+/m1/s1. The number of aromatic nitrogens is 2. The molecule has 0 aliphatic carbocycles. The molecule has 138 valence electrons. The number of nitrogens with one attached hydrogen (secondary N) is 2. The van der Waals surface area contributed by atoms with Gasteiger partial charge in [0.15, 0.2) is 0 Å². The van der Waals surface area contributed by atoms with Crippen LogP contribution in [0.2, 0.25) is 0 Å². The fourth-order valence-corrected chi connectivity index (χ4v) is 4.04. The van der Waals surface area contributed by atoms with Gasteiger partial charge in [-0.2, -0.15) is 0 Å². The van der Waals surface area contributed by atoms with Crippen LogP contribution in [0.25, 0.3) is 0 Å². The SMILES string of the molecule is C=CCOc1ccc([C@@H]2SCC(=O)Nc3c2c(=O)[nH]n3[C@H](C)CC)cc1. The minimum atomic E-state index is -0.216. The summed E-state index contributed by atoms with van der Waals surface area (Å²) in [5.41, 5.74) is 1.40. The van der Waals surface area contributed by atoms with Gasteiger partial charge in [0.25, 0.3) is 5.56 Å². The molecule has 1 amide bonds. The average molecular weight is 373 g/mol. The smallest absolute Gasteiger partial charge is 0.270 e. The number of ether oxygens (including phenoxy) is 1. The van der Waals surface area contributed by atoms with Crippen molar-refractivity contribution in [1.29, 1.82) is 0 Å². The summed E-state index contributed by atoms with van der Waals surface area (Å²) in [5.74, 6) is 1.53. The predicted molar refractivity (Wildman–Crippen MR) is 105 cm³/mol. The van der Waals surface area contributed by atoms with E-state index in [1.54, 1.807) is 10.8 Å². The van der Waals surface area contributed by atoms with E-state index in [9.17, 15) is 9.59 Å². The van der Waals surface area contributed by atoms with Crippen LogP contribution < -0.4 is 15.6 Å². The molecule has 3 rings (SSSR count). The fraction of sp³-hybridized carbons (Fsp3) is 0.368. The van der Waals surface area contributed by atoms with Crippen LogP contribution in [-0.2, 0) is 4.79 Å². The minimum absolute atomic E-state index is 0.0881.